The van der Waals surface area contributed by atoms with Crippen LogP contribution in [0, 0.1) is 10.1 Å². The van der Waals surface area contributed by atoms with Crippen LogP contribution >= 0.6 is 0 Å². The van der Waals surface area contributed by atoms with E-state index in [1.54, 1.807) is 12.1 Å². The molecule has 2 aromatic carbocycles. The van der Waals surface area contributed by atoms with Gasteiger partial charge in [-0.15, -0.1) is 0 Å². The van der Waals surface area contributed by atoms with Crippen molar-refractivity contribution in [3.8, 4) is 0 Å². The molecule has 0 aromatic heterocycles. The molecule has 0 spiro atoms. The van der Waals surface area contributed by atoms with Gasteiger partial charge in [0.25, 0.3) is 5.69 Å². The van der Waals surface area contributed by atoms with Crippen molar-refractivity contribution in [2.45, 2.75) is 19.3 Å². The fraction of sp³-hybridized carbons (Fsp3) is 0.188. The molecule has 0 N–H and O–H groups in total. The van der Waals surface area contributed by atoms with E-state index in [1.807, 2.05) is 30.3 Å². The molecule has 0 heterocycles. The summed E-state index contributed by atoms with van der Waals surface area (Å²) in [5, 5.41) is 10.5. The van der Waals surface area contributed by atoms with Gasteiger partial charge in [0.15, 0.2) is 0 Å². The summed E-state index contributed by atoms with van der Waals surface area (Å²) in [6.45, 7) is 0. The van der Waals surface area contributed by atoms with E-state index in [0.29, 0.717) is 12.8 Å². The number of nitro groups is 1. The van der Waals surface area contributed by atoms with Crippen molar-refractivity contribution in [1.29, 1.82) is 0 Å². The minimum absolute atomic E-state index is 0.0467. The Bertz CT molecular complexity index is 591. The van der Waals surface area contributed by atoms with Gasteiger partial charge in [-0.05, 0) is 17.5 Å². The predicted molar refractivity (Wildman–Crippen MR) is 76.6 cm³/mol. The smallest absolute Gasteiger partial charge is 0.269 e. The Morgan fingerprint density at radius 1 is 0.950 bits per heavy atom. The minimum Gasteiger partial charge on any atom is -0.299 e. The fourth-order valence-electron chi connectivity index (χ4n) is 1.98. The molecule has 0 radical (unpaired) electrons. The van der Waals surface area contributed by atoms with Gasteiger partial charge < -0.3 is 0 Å². The zero-order valence-electron chi connectivity index (χ0n) is 11.0. The molecule has 0 bridgehead atoms. The largest absolute Gasteiger partial charge is 0.299 e. The van der Waals surface area contributed by atoms with Crippen LogP contribution in [0.3, 0.4) is 0 Å². The molecular weight excluding hydrogens is 254 g/mol. The predicted octanol–water partition coefficient (Wildman–Crippen LogP) is 3.34. The lowest BCUT2D eigenvalue weighted by Crippen LogP contribution is -2.04. The second kappa shape index (κ2) is 6.61. The summed E-state index contributed by atoms with van der Waals surface area (Å²) in [4.78, 5) is 22.0. The molecule has 0 fully saturated rings. The van der Waals surface area contributed by atoms with Crippen molar-refractivity contribution >= 4 is 11.5 Å². The van der Waals surface area contributed by atoms with Crippen LogP contribution in [0.15, 0.2) is 54.6 Å². The average molecular weight is 269 g/mol. The third-order valence-corrected chi connectivity index (χ3v) is 3.08. The summed E-state index contributed by atoms with van der Waals surface area (Å²) < 4.78 is 0. The number of nitrogens with zero attached hydrogens (tertiary/aromatic N) is 1. The molecule has 0 aliphatic carbocycles. The summed E-state index contributed by atoms with van der Waals surface area (Å²) in [6.07, 6.45) is 1.54. The van der Waals surface area contributed by atoms with Gasteiger partial charge >= 0.3 is 0 Å². The molecule has 0 saturated heterocycles. The van der Waals surface area contributed by atoms with Gasteiger partial charge in [0.05, 0.1) is 4.92 Å². The lowest BCUT2D eigenvalue weighted by molar-refractivity contribution is -0.384. The van der Waals surface area contributed by atoms with Crippen molar-refractivity contribution in [2.24, 2.45) is 0 Å². The summed E-state index contributed by atoms with van der Waals surface area (Å²) in [7, 11) is 0. The first-order valence-corrected chi connectivity index (χ1v) is 6.44. The molecule has 2 rings (SSSR count). The number of aryl methyl sites for hydroxylation is 1. The molecular formula is C16H15NO3. The molecule has 4 heteroatoms. The van der Waals surface area contributed by atoms with Crippen LogP contribution in [-0.2, 0) is 17.6 Å². The van der Waals surface area contributed by atoms with E-state index in [4.69, 9.17) is 0 Å². The highest BCUT2D eigenvalue weighted by molar-refractivity contribution is 5.81. The Morgan fingerprint density at radius 2 is 1.60 bits per heavy atom. The summed E-state index contributed by atoms with van der Waals surface area (Å²) in [5.41, 5.74) is 2.00. The molecule has 0 unspecified atom stereocenters. The zero-order chi connectivity index (χ0) is 14.4. The number of carbonyl (C=O) groups excluding carboxylic acids is 1. The highest BCUT2D eigenvalue weighted by Gasteiger charge is 2.07. The van der Waals surface area contributed by atoms with E-state index >= 15 is 0 Å². The monoisotopic (exact) mass is 269 g/mol. The molecule has 0 aliphatic rings. The number of carbonyl (C=O) groups is 1. The van der Waals surface area contributed by atoms with E-state index < -0.39 is 4.92 Å². The number of rotatable bonds is 6. The van der Waals surface area contributed by atoms with Gasteiger partial charge in [-0.2, -0.15) is 0 Å². The lowest BCUT2D eigenvalue weighted by Gasteiger charge is -2.02. The number of nitro benzene ring substituents is 1. The Hall–Kier alpha value is -2.49. The zero-order valence-corrected chi connectivity index (χ0v) is 11.0. The standard InChI is InChI=1S/C16H15NO3/c18-16(11-8-13-4-2-1-3-5-13)12-14-6-9-15(10-7-14)17(19)20/h1-7,9-10H,8,11-12H2. The van der Waals surface area contributed by atoms with Gasteiger partial charge in [0.2, 0.25) is 0 Å². The number of hydrogen-bond acceptors (Lipinski definition) is 3. The second-order valence-electron chi connectivity index (χ2n) is 4.62. The number of hydrogen-bond donors (Lipinski definition) is 0. The van der Waals surface area contributed by atoms with Crippen LogP contribution in [0.4, 0.5) is 5.69 Å². The van der Waals surface area contributed by atoms with E-state index in [0.717, 1.165) is 17.5 Å². The number of non-ortho nitro benzene ring substituents is 1. The topological polar surface area (TPSA) is 60.2 Å². The van der Waals surface area contributed by atoms with Gasteiger partial charge in [0, 0.05) is 25.0 Å². The third kappa shape index (κ3) is 4.02. The first kappa shape index (κ1) is 13.9. The third-order valence-electron chi connectivity index (χ3n) is 3.08. The molecule has 0 amide bonds. The van der Waals surface area contributed by atoms with Gasteiger partial charge in [-0.1, -0.05) is 42.5 Å². The van der Waals surface area contributed by atoms with Gasteiger partial charge in [-0.25, -0.2) is 0 Å². The average Bonchev–Trinajstić information content (AvgIpc) is 2.47. The van der Waals surface area contributed by atoms with E-state index in [-0.39, 0.29) is 11.5 Å². The Morgan fingerprint density at radius 3 is 2.20 bits per heavy atom. The second-order valence-corrected chi connectivity index (χ2v) is 4.62. The lowest BCUT2D eigenvalue weighted by atomic mass is 10.0. The van der Waals surface area contributed by atoms with Crippen LogP contribution in [0.2, 0.25) is 0 Å². The first-order valence-electron chi connectivity index (χ1n) is 6.44. The van der Waals surface area contributed by atoms with Crippen LogP contribution in [0.1, 0.15) is 17.5 Å². The molecule has 4 nitrogen and oxygen atoms in total. The SMILES string of the molecule is O=C(CCc1ccccc1)Cc1ccc([N+](=O)[O-])cc1. The highest BCUT2D eigenvalue weighted by atomic mass is 16.6. The van der Waals surface area contributed by atoms with E-state index in [1.165, 1.54) is 12.1 Å². The van der Waals surface area contributed by atoms with Crippen molar-refractivity contribution < 1.29 is 9.72 Å². The van der Waals surface area contributed by atoms with Crippen LogP contribution in [-0.4, -0.2) is 10.7 Å². The molecule has 0 saturated carbocycles. The summed E-state index contributed by atoms with van der Waals surface area (Å²) in [5.74, 6) is 0.141. The number of ketones is 1. The first-order chi connectivity index (χ1) is 9.65. The van der Waals surface area contributed by atoms with Crippen molar-refractivity contribution in [3.63, 3.8) is 0 Å². The van der Waals surface area contributed by atoms with E-state index in [9.17, 15) is 14.9 Å². The van der Waals surface area contributed by atoms with Crippen molar-refractivity contribution in [3.05, 3.63) is 75.8 Å². The quantitative estimate of drug-likeness (QED) is 0.597. The van der Waals surface area contributed by atoms with Crippen LogP contribution < -0.4 is 0 Å². The van der Waals surface area contributed by atoms with E-state index in [2.05, 4.69) is 0 Å². The Kier molecular flexibility index (Phi) is 4.60. The normalized spacial score (nSPS) is 10.2. The van der Waals surface area contributed by atoms with Crippen molar-refractivity contribution in [2.75, 3.05) is 0 Å². The fourth-order valence-corrected chi connectivity index (χ4v) is 1.98. The molecule has 20 heavy (non-hydrogen) atoms. The molecule has 2 aromatic rings. The summed E-state index contributed by atoms with van der Waals surface area (Å²) in [6, 6.07) is 16.0. The summed E-state index contributed by atoms with van der Waals surface area (Å²) >= 11 is 0. The minimum atomic E-state index is -0.443. The molecule has 102 valence electrons. The molecule has 0 atom stereocenters. The Labute approximate surface area is 117 Å². The highest BCUT2D eigenvalue weighted by Crippen LogP contribution is 2.13. The van der Waals surface area contributed by atoms with Crippen LogP contribution in [0.25, 0.3) is 0 Å². The maximum atomic E-state index is 11.9. The van der Waals surface area contributed by atoms with Crippen LogP contribution in [0.5, 0.6) is 0 Å². The number of Topliss-reactive ketones (excluding diaryl/α,β-unsaturated/α-hetero) is 1. The maximum absolute atomic E-state index is 11.9. The number of benzene rings is 2. The maximum Gasteiger partial charge on any atom is 0.269 e. The molecule has 0 aliphatic heterocycles. The van der Waals surface area contributed by atoms with Gasteiger partial charge in [0.1, 0.15) is 5.78 Å². The Balaban J connectivity index is 1.86. The van der Waals surface area contributed by atoms with Crippen molar-refractivity contribution in [1.82, 2.24) is 0 Å². The van der Waals surface area contributed by atoms with Gasteiger partial charge in [-0.3, -0.25) is 14.9 Å².